The molecule has 1 aromatic carbocycles. The monoisotopic (exact) mass is 182 g/mol. The Morgan fingerprint density at radius 1 is 1.15 bits per heavy atom. The summed E-state index contributed by atoms with van der Waals surface area (Å²) in [7, 11) is 0. The van der Waals surface area contributed by atoms with E-state index in [-0.39, 0.29) is 23.8 Å². The molecule has 1 rings (SSSR count). The van der Waals surface area contributed by atoms with Gasteiger partial charge in [0.2, 0.25) is 0 Å². The van der Waals surface area contributed by atoms with Gasteiger partial charge in [-0.2, -0.15) is 0 Å². The molecule has 0 aromatic heterocycles. The first-order chi connectivity index (χ1) is 6.00. The molecule has 0 spiro atoms. The predicted molar refractivity (Wildman–Crippen MR) is 47.1 cm³/mol. The second-order valence-corrected chi connectivity index (χ2v) is 2.67. The molecule has 0 saturated heterocycles. The van der Waals surface area contributed by atoms with Crippen molar-refractivity contribution < 1.29 is 15.3 Å². The lowest BCUT2D eigenvalue weighted by Crippen LogP contribution is -2.12. The van der Waals surface area contributed by atoms with Crippen LogP contribution < -0.4 is 5.73 Å². The van der Waals surface area contributed by atoms with Gasteiger partial charge < -0.3 is 21.1 Å². The molecular formula is C8H10N2O3. The van der Waals surface area contributed by atoms with E-state index in [1.165, 1.54) is 6.07 Å². The molecule has 0 aliphatic carbocycles. The van der Waals surface area contributed by atoms with E-state index in [0.29, 0.717) is 5.56 Å². The van der Waals surface area contributed by atoms with Crippen LogP contribution in [-0.2, 0) is 6.42 Å². The molecule has 0 aliphatic heterocycles. The Hall–Kier alpha value is -1.91. The third-order valence-electron chi connectivity index (χ3n) is 1.56. The van der Waals surface area contributed by atoms with Crippen LogP contribution in [0.4, 0.5) is 0 Å². The van der Waals surface area contributed by atoms with Gasteiger partial charge in [-0.3, -0.25) is 5.41 Å². The van der Waals surface area contributed by atoms with Crippen molar-refractivity contribution in [2.75, 3.05) is 0 Å². The lowest BCUT2D eigenvalue weighted by molar-refractivity contribution is 0.395. The fraction of sp³-hybridized carbons (Fsp3) is 0.125. The fourth-order valence-electron chi connectivity index (χ4n) is 0.956. The first-order valence-electron chi connectivity index (χ1n) is 3.57. The van der Waals surface area contributed by atoms with E-state index in [2.05, 4.69) is 0 Å². The molecule has 5 heteroatoms. The van der Waals surface area contributed by atoms with E-state index in [0.717, 1.165) is 6.07 Å². The van der Waals surface area contributed by atoms with Gasteiger partial charge in [-0.25, -0.2) is 0 Å². The summed E-state index contributed by atoms with van der Waals surface area (Å²) < 4.78 is 0. The summed E-state index contributed by atoms with van der Waals surface area (Å²) in [5.74, 6) is -1.05. The molecule has 0 heterocycles. The number of hydrogen-bond donors (Lipinski definition) is 5. The van der Waals surface area contributed by atoms with Gasteiger partial charge in [-0.15, -0.1) is 0 Å². The van der Waals surface area contributed by atoms with Crippen molar-refractivity contribution in [1.29, 1.82) is 5.41 Å². The Balaban J connectivity index is 3.08. The van der Waals surface area contributed by atoms with Gasteiger partial charge in [0.1, 0.15) is 5.75 Å². The SMILES string of the molecule is N=C(N)Cc1cc(O)c(O)cc1O. The normalized spacial score (nSPS) is 9.85. The molecule has 13 heavy (non-hydrogen) atoms. The number of nitrogens with one attached hydrogen (secondary N) is 1. The van der Waals surface area contributed by atoms with Gasteiger partial charge in [-0.05, 0) is 6.07 Å². The molecule has 0 fully saturated rings. The quantitative estimate of drug-likeness (QED) is 0.196. The van der Waals surface area contributed by atoms with E-state index in [1.54, 1.807) is 0 Å². The molecule has 70 valence electrons. The van der Waals surface area contributed by atoms with E-state index in [9.17, 15) is 5.11 Å². The highest BCUT2D eigenvalue weighted by Crippen LogP contribution is 2.32. The standard InChI is InChI=1S/C8H10N2O3/c9-8(10)2-4-1-6(12)7(13)3-5(4)11/h1,3,11-13H,2H2,(H3,9,10). The van der Waals surface area contributed by atoms with Crippen molar-refractivity contribution in [3.05, 3.63) is 17.7 Å². The van der Waals surface area contributed by atoms with Crippen LogP contribution in [-0.4, -0.2) is 21.2 Å². The van der Waals surface area contributed by atoms with Crippen molar-refractivity contribution in [1.82, 2.24) is 0 Å². The second-order valence-electron chi connectivity index (χ2n) is 2.67. The van der Waals surface area contributed by atoms with Gasteiger partial charge in [-0.1, -0.05) is 0 Å². The van der Waals surface area contributed by atoms with Crippen LogP contribution in [0, 0.1) is 5.41 Å². The molecular weight excluding hydrogens is 172 g/mol. The number of hydrogen-bond acceptors (Lipinski definition) is 4. The molecule has 5 nitrogen and oxygen atoms in total. The van der Waals surface area contributed by atoms with Crippen molar-refractivity contribution >= 4 is 5.84 Å². The molecule has 0 radical (unpaired) electrons. The smallest absolute Gasteiger partial charge is 0.161 e. The molecule has 0 bridgehead atoms. The second kappa shape index (κ2) is 3.22. The van der Waals surface area contributed by atoms with Gasteiger partial charge >= 0.3 is 0 Å². The van der Waals surface area contributed by atoms with E-state index >= 15 is 0 Å². The maximum atomic E-state index is 9.24. The van der Waals surface area contributed by atoms with Crippen molar-refractivity contribution in [2.24, 2.45) is 5.73 Å². The molecule has 0 amide bonds. The number of aromatic hydroxyl groups is 3. The molecule has 0 saturated carbocycles. The number of amidine groups is 1. The van der Waals surface area contributed by atoms with Crippen molar-refractivity contribution in [3.63, 3.8) is 0 Å². The zero-order valence-electron chi connectivity index (χ0n) is 6.78. The molecule has 0 aliphatic rings. The molecule has 1 aromatic rings. The number of phenols is 3. The van der Waals surface area contributed by atoms with Crippen LogP contribution in [0.25, 0.3) is 0 Å². The third kappa shape index (κ3) is 2.02. The maximum absolute atomic E-state index is 9.24. The highest BCUT2D eigenvalue weighted by molar-refractivity contribution is 5.80. The van der Waals surface area contributed by atoms with E-state index < -0.39 is 5.75 Å². The highest BCUT2D eigenvalue weighted by atomic mass is 16.3. The van der Waals surface area contributed by atoms with Crippen LogP contribution in [0.5, 0.6) is 17.2 Å². The largest absolute Gasteiger partial charge is 0.508 e. The first kappa shape index (κ1) is 9.18. The highest BCUT2D eigenvalue weighted by Gasteiger charge is 2.08. The number of phenolic OH excluding ortho intramolecular Hbond substituents is 3. The number of nitrogens with two attached hydrogens (primary N) is 1. The summed E-state index contributed by atoms with van der Waals surface area (Å²) in [6.07, 6.45) is 0.0413. The average Bonchev–Trinajstić information content (AvgIpc) is 1.99. The van der Waals surface area contributed by atoms with E-state index in [4.69, 9.17) is 21.4 Å². The minimum Gasteiger partial charge on any atom is -0.508 e. The Kier molecular flexibility index (Phi) is 2.27. The Morgan fingerprint density at radius 3 is 2.23 bits per heavy atom. The van der Waals surface area contributed by atoms with Crippen molar-refractivity contribution in [2.45, 2.75) is 6.42 Å². The first-order valence-corrected chi connectivity index (χ1v) is 3.57. The lowest BCUT2D eigenvalue weighted by atomic mass is 10.1. The predicted octanol–water partition coefficient (Wildman–Crippen LogP) is 0.282. The maximum Gasteiger partial charge on any atom is 0.161 e. The van der Waals surface area contributed by atoms with Crippen molar-refractivity contribution in [3.8, 4) is 17.2 Å². The topological polar surface area (TPSA) is 111 Å². The minimum absolute atomic E-state index is 0.0413. The Bertz CT molecular complexity index is 349. The summed E-state index contributed by atoms with van der Waals surface area (Å²) in [5.41, 5.74) is 5.42. The Morgan fingerprint density at radius 2 is 1.69 bits per heavy atom. The van der Waals surface area contributed by atoms with Crippen LogP contribution in [0.15, 0.2) is 12.1 Å². The minimum atomic E-state index is -0.398. The number of benzene rings is 1. The zero-order chi connectivity index (χ0) is 10.0. The van der Waals surface area contributed by atoms with Gasteiger partial charge in [0.25, 0.3) is 0 Å². The molecule has 0 unspecified atom stereocenters. The summed E-state index contributed by atoms with van der Waals surface area (Å²) in [6.45, 7) is 0. The summed E-state index contributed by atoms with van der Waals surface area (Å²) in [6, 6.07) is 2.18. The third-order valence-corrected chi connectivity index (χ3v) is 1.56. The van der Waals surface area contributed by atoms with Crippen LogP contribution >= 0.6 is 0 Å². The van der Waals surface area contributed by atoms with Crippen LogP contribution in [0.1, 0.15) is 5.56 Å². The average molecular weight is 182 g/mol. The van der Waals surface area contributed by atoms with E-state index in [1.807, 2.05) is 0 Å². The number of rotatable bonds is 2. The zero-order valence-corrected chi connectivity index (χ0v) is 6.78. The lowest BCUT2D eigenvalue weighted by Gasteiger charge is -2.05. The summed E-state index contributed by atoms with van der Waals surface area (Å²) in [4.78, 5) is 0. The molecule has 6 N–H and O–H groups in total. The summed E-state index contributed by atoms with van der Waals surface area (Å²) >= 11 is 0. The van der Waals surface area contributed by atoms with Gasteiger partial charge in [0.05, 0.1) is 5.84 Å². The summed E-state index contributed by atoms with van der Waals surface area (Å²) in [5, 5.41) is 34.2. The van der Waals surface area contributed by atoms with Crippen LogP contribution in [0.3, 0.4) is 0 Å². The van der Waals surface area contributed by atoms with Gasteiger partial charge in [0, 0.05) is 18.1 Å². The van der Waals surface area contributed by atoms with Crippen LogP contribution in [0.2, 0.25) is 0 Å². The van der Waals surface area contributed by atoms with Gasteiger partial charge in [0.15, 0.2) is 11.5 Å². The molecule has 0 atom stereocenters. The fourth-order valence-corrected chi connectivity index (χ4v) is 0.956. The Labute approximate surface area is 74.6 Å².